The maximum atomic E-state index is 6.18. The van der Waals surface area contributed by atoms with Gasteiger partial charge in [0, 0.05) is 35.9 Å². The Morgan fingerprint density at radius 3 is 2.76 bits per heavy atom. The predicted molar refractivity (Wildman–Crippen MR) is 73.0 cm³/mol. The lowest BCUT2D eigenvalue weighted by atomic mass is 10.2. The first-order valence-corrected chi connectivity index (χ1v) is 6.87. The second-order valence-electron chi connectivity index (χ2n) is 5.31. The molecule has 0 amide bonds. The topological polar surface area (TPSA) is 15.3 Å². The van der Waals surface area contributed by atoms with Crippen molar-refractivity contribution in [1.29, 1.82) is 0 Å². The summed E-state index contributed by atoms with van der Waals surface area (Å²) >= 11 is 6.18. The van der Waals surface area contributed by atoms with Crippen LogP contribution in [0, 0.1) is 6.92 Å². The van der Waals surface area contributed by atoms with E-state index in [0.29, 0.717) is 6.04 Å². The number of hydrogen-bond acceptors (Lipinski definition) is 2. The quantitative estimate of drug-likeness (QED) is 0.887. The van der Waals surface area contributed by atoms with Crippen LogP contribution in [0.3, 0.4) is 0 Å². The van der Waals surface area contributed by atoms with Crippen LogP contribution in [0.5, 0.6) is 0 Å². The molecule has 0 aromatic heterocycles. The van der Waals surface area contributed by atoms with Crippen molar-refractivity contribution in [1.82, 2.24) is 5.32 Å². The molecule has 0 spiro atoms. The van der Waals surface area contributed by atoms with Crippen molar-refractivity contribution in [2.24, 2.45) is 0 Å². The fraction of sp³-hybridized carbons (Fsp3) is 0.571. The van der Waals surface area contributed by atoms with Crippen molar-refractivity contribution in [3.63, 3.8) is 0 Å². The second-order valence-corrected chi connectivity index (χ2v) is 5.71. The van der Waals surface area contributed by atoms with E-state index in [0.717, 1.165) is 29.7 Å². The van der Waals surface area contributed by atoms with Gasteiger partial charge in [0.1, 0.15) is 0 Å². The molecule has 1 aliphatic carbocycles. The van der Waals surface area contributed by atoms with Crippen LogP contribution in [0.15, 0.2) is 18.2 Å². The van der Waals surface area contributed by atoms with E-state index in [-0.39, 0.29) is 0 Å². The number of rotatable bonds is 3. The molecule has 2 nitrogen and oxygen atoms in total. The van der Waals surface area contributed by atoms with Crippen molar-refractivity contribution < 1.29 is 0 Å². The van der Waals surface area contributed by atoms with E-state index in [9.17, 15) is 0 Å². The van der Waals surface area contributed by atoms with Gasteiger partial charge in [0.25, 0.3) is 0 Å². The lowest BCUT2D eigenvalue weighted by molar-refractivity contribution is 0.548. The lowest BCUT2D eigenvalue weighted by Gasteiger charge is -2.19. The molecule has 1 N–H and O–H groups in total. The zero-order valence-corrected chi connectivity index (χ0v) is 11.0. The molecular weight excluding hydrogens is 232 g/mol. The minimum Gasteiger partial charge on any atom is -0.370 e. The van der Waals surface area contributed by atoms with Gasteiger partial charge in [-0.15, -0.1) is 0 Å². The number of hydrogen-bond donors (Lipinski definition) is 1. The molecule has 0 bridgehead atoms. The highest BCUT2D eigenvalue weighted by molar-refractivity contribution is 6.31. The van der Waals surface area contributed by atoms with Gasteiger partial charge in [0.15, 0.2) is 0 Å². The smallest absolute Gasteiger partial charge is 0.0455 e. The number of nitrogens with one attached hydrogen (secondary N) is 1. The maximum absolute atomic E-state index is 6.18. The summed E-state index contributed by atoms with van der Waals surface area (Å²) in [4.78, 5) is 2.44. The molecule has 3 heteroatoms. The highest BCUT2D eigenvalue weighted by Gasteiger charge is 2.29. The van der Waals surface area contributed by atoms with Gasteiger partial charge in [-0.3, -0.25) is 0 Å². The molecule has 2 fully saturated rings. The summed E-state index contributed by atoms with van der Waals surface area (Å²) in [5.41, 5.74) is 2.42. The minimum atomic E-state index is 0.669. The summed E-state index contributed by atoms with van der Waals surface area (Å²) < 4.78 is 0. The highest BCUT2D eigenvalue weighted by atomic mass is 35.5. The van der Waals surface area contributed by atoms with E-state index in [1.807, 2.05) is 6.92 Å². The molecule has 2 aliphatic rings. The standard InChI is InChI=1S/C14H19ClN2/c1-10-2-5-13(8-14(10)15)17-7-6-12(9-17)16-11-3-4-11/h2,5,8,11-12,16H,3-4,6-7,9H2,1H3. The molecule has 1 aromatic carbocycles. The van der Waals surface area contributed by atoms with Gasteiger partial charge in [-0.25, -0.2) is 0 Å². The summed E-state index contributed by atoms with van der Waals surface area (Å²) in [6.07, 6.45) is 3.99. The summed E-state index contributed by atoms with van der Waals surface area (Å²) in [6, 6.07) is 7.86. The third kappa shape index (κ3) is 2.58. The largest absolute Gasteiger partial charge is 0.370 e. The Hall–Kier alpha value is -0.730. The van der Waals surface area contributed by atoms with Gasteiger partial charge in [-0.05, 0) is 43.9 Å². The Morgan fingerprint density at radius 2 is 2.06 bits per heavy atom. The zero-order valence-electron chi connectivity index (χ0n) is 10.2. The molecule has 1 heterocycles. The van der Waals surface area contributed by atoms with Gasteiger partial charge in [-0.2, -0.15) is 0 Å². The van der Waals surface area contributed by atoms with Gasteiger partial charge in [-0.1, -0.05) is 17.7 Å². The van der Waals surface area contributed by atoms with Crippen LogP contribution in [-0.2, 0) is 0 Å². The number of halogens is 1. The first-order chi connectivity index (χ1) is 8.22. The van der Waals surface area contributed by atoms with Gasteiger partial charge >= 0.3 is 0 Å². The third-order valence-electron chi connectivity index (χ3n) is 3.76. The SMILES string of the molecule is Cc1ccc(N2CCC(NC3CC3)C2)cc1Cl. The molecule has 1 atom stereocenters. The van der Waals surface area contributed by atoms with Crippen LogP contribution in [0.25, 0.3) is 0 Å². The first kappa shape index (κ1) is 11.4. The van der Waals surface area contributed by atoms with Gasteiger partial charge in [0.2, 0.25) is 0 Å². The predicted octanol–water partition coefficient (Wildman–Crippen LogP) is 2.98. The zero-order chi connectivity index (χ0) is 11.8. The van der Waals surface area contributed by atoms with Crippen molar-refractivity contribution in [2.45, 2.75) is 38.3 Å². The van der Waals surface area contributed by atoms with E-state index < -0.39 is 0 Å². The normalized spacial score (nSPS) is 24.4. The fourth-order valence-electron chi connectivity index (χ4n) is 2.49. The summed E-state index contributed by atoms with van der Waals surface area (Å²) in [5, 5.41) is 4.58. The van der Waals surface area contributed by atoms with Crippen molar-refractivity contribution in [3.05, 3.63) is 28.8 Å². The van der Waals surface area contributed by atoms with Crippen LogP contribution in [-0.4, -0.2) is 25.2 Å². The molecule has 1 saturated heterocycles. The van der Waals surface area contributed by atoms with Gasteiger partial charge < -0.3 is 10.2 Å². The van der Waals surface area contributed by atoms with E-state index in [1.54, 1.807) is 0 Å². The number of nitrogens with zero attached hydrogens (tertiary/aromatic N) is 1. The number of benzene rings is 1. The molecule has 92 valence electrons. The maximum Gasteiger partial charge on any atom is 0.0455 e. The van der Waals surface area contributed by atoms with Crippen LogP contribution in [0.2, 0.25) is 5.02 Å². The molecule has 1 unspecified atom stereocenters. The fourth-order valence-corrected chi connectivity index (χ4v) is 2.67. The lowest BCUT2D eigenvalue weighted by Crippen LogP contribution is -2.33. The van der Waals surface area contributed by atoms with Crippen molar-refractivity contribution >= 4 is 17.3 Å². The Labute approximate surface area is 108 Å². The van der Waals surface area contributed by atoms with Crippen LogP contribution in [0.1, 0.15) is 24.8 Å². The average molecular weight is 251 g/mol. The van der Waals surface area contributed by atoms with E-state index in [4.69, 9.17) is 11.6 Å². The van der Waals surface area contributed by atoms with Crippen LogP contribution >= 0.6 is 11.6 Å². The average Bonchev–Trinajstić information content (AvgIpc) is 2.99. The van der Waals surface area contributed by atoms with Crippen molar-refractivity contribution in [2.75, 3.05) is 18.0 Å². The molecule has 1 aliphatic heterocycles. The Balaban J connectivity index is 1.66. The van der Waals surface area contributed by atoms with Gasteiger partial charge in [0.05, 0.1) is 0 Å². The number of anilines is 1. The Morgan fingerprint density at radius 1 is 1.24 bits per heavy atom. The highest BCUT2D eigenvalue weighted by Crippen LogP contribution is 2.27. The minimum absolute atomic E-state index is 0.669. The summed E-state index contributed by atoms with van der Waals surface area (Å²) in [6.45, 7) is 4.31. The van der Waals surface area contributed by atoms with E-state index >= 15 is 0 Å². The van der Waals surface area contributed by atoms with Crippen LogP contribution in [0.4, 0.5) is 5.69 Å². The van der Waals surface area contributed by atoms with E-state index in [2.05, 4.69) is 28.4 Å². The third-order valence-corrected chi connectivity index (χ3v) is 4.16. The van der Waals surface area contributed by atoms with Crippen molar-refractivity contribution in [3.8, 4) is 0 Å². The molecule has 1 saturated carbocycles. The molecule has 3 rings (SSSR count). The first-order valence-electron chi connectivity index (χ1n) is 6.49. The summed E-state index contributed by atoms with van der Waals surface area (Å²) in [7, 11) is 0. The van der Waals surface area contributed by atoms with Crippen LogP contribution < -0.4 is 10.2 Å². The monoisotopic (exact) mass is 250 g/mol. The molecular formula is C14H19ClN2. The second kappa shape index (κ2) is 4.51. The summed E-state index contributed by atoms with van der Waals surface area (Å²) in [5.74, 6) is 0. The molecule has 1 aromatic rings. The van der Waals surface area contributed by atoms with E-state index in [1.165, 1.54) is 24.9 Å². The molecule has 0 radical (unpaired) electrons. The Kier molecular flexibility index (Phi) is 3.01. The number of aryl methyl sites for hydroxylation is 1. The Bertz CT molecular complexity index is 415. The molecule has 17 heavy (non-hydrogen) atoms.